The van der Waals surface area contributed by atoms with Gasteiger partial charge in [-0.1, -0.05) is 30.3 Å². The van der Waals surface area contributed by atoms with E-state index >= 15 is 0 Å². The number of esters is 2. The van der Waals surface area contributed by atoms with Crippen molar-refractivity contribution < 1.29 is 28.9 Å². The van der Waals surface area contributed by atoms with Crippen LogP contribution >= 0.6 is 0 Å². The van der Waals surface area contributed by atoms with E-state index in [0.29, 0.717) is 0 Å². The van der Waals surface area contributed by atoms with Crippen molar-refractivity contribution in [2.45, 2.75) is 6.61 Å². The van der Waals surface area contributed by atoms with E-state index in [1.807, 2.05) is 30.3 Å². The van der Waals surface area contributed by atoms with Crippen LogP contribution < -0.4 is 4.74 Å². The van der Waals surface area contributed by atoms with Crippen molar-refractivity contribution in [1.82, 2.24) is 0 Å². The van der Waals surface area contributed by atoms with Crippen molar-refractivity contribution in [3.05, 3.63) is 110 Å². The summed E-state index contributed by atoms with van der Waals surface area (Å²) in [7, 11) is 0. The summed E-state index contributed by atoms with van der Waals surface area (Å²) in [6, 6.07) is 17.1. The number of carbonyl (C=O) groups is 2. The molecule has 0 aliphatic rings. The number of hydrogen-bond acceptors (Lipinski definition) is 8. The van der Waals surface area contributed by atoms with Gasteiger partial charge in [0.1, 0.15) is 12.4 Å². The van der Waals surface area contributed by atoms with Crippen LogP contribution in [0.1, 0.15) is 26.3 Å². The number of non-ortho nitro benzene ring substituents is 2. The van der Waals surface area contributed by atoms with Crippen molar-refractivity contribution in [1.29, 1.82) is 0 Å². The highest BCUT2D eigenvalue weighted by Gasteiger charge is 2.21. The van der Waals surface area contributed by atoms with Gasteiger partial charge in [-0.2, -0.15) is 0 Å². The topological polar surface area (TPSA) is 139 Å². The molecule has 0 fully saturated rings. The Labute approximate surface area is 174 Å². The zero-order valence-electron chi connectivity index (χ0n) is 15.8. The highest BCUT2D eigenvalue weighted by Crippen LogP contribution is 2.24. The Hall–Kier alpha value is -4.60. The summed E-state index contributed by atoms with van der Waals surface area (Å²) in [5.74, 6) is -1.55. The third-order valence-corrected chi connectivity index (χ3v) is 4.07. The van der Waals surface area contributed by atoms with E-state index in [2.05, 4.69) is 0 Å². The van der Waals surface area contributed by atoms with Gasteiger partial charge in [0.25, 0.3) is 11.4 Å². The second-order valence-electron chi connectivity index (χ2n) is 6.23. The molecule has 0 aliphatic heterocycles. The van der Waals surface area contributed by atoms with Crippen LogP contribution in [0.2, 0.25) is 0 Å². The Morgan fingerprint density at radius 1 is 0.742 bits per heavy atom. The van der Waals surface area contributed by atoms with Gasteiger partial charge in [-0.15, -0.1) is 0 Å². The Balaban J connectivity index is 1.68. The molecule has 0 radical (unpaired) electrons. The van der Waals surface area contributed by atoms with E-state index in [4.69, 9.17) is 9.47 Å². The molecule has 0 saturated heterocycles. The Bertz CT molecular complexity index is 1110. The Morgan fingerprint density at radius 2 is 1.32 bits per heavy atom. The minimum absolute atomic E-state index is 0.0405. The van der Waals surface area contributed by atoms with E-state index < -0.39 is 33.2 Å². The minimum atomic E-state index is -1.02. The molecule has 0 spiro atoms. The third kappa shape index (κ3) is 5.48. The molecule has 3 rings (SSSR count). The van der Waals surface area contributed by atoms with Crippen molar-refractivity contribution in [3.8, 4) is 5.75 Å². The van der Waals surface area contributed by atoms with Gasteiger partial charge in [0.15, 0.2) is 0 Å². The molecule has 10 nitrogen and oxygen atoms in total. The van der Waals surface area contributed by atoms with Crippen LogP contribution in [0.25, 0.3) is 0 Å². The normalized spacial score (nSPS) is 10.2. The van der Waals surface area contributed by atoms with Crippen LogP contribution in [0.3, 0.4) is 0 Å². The highest BCUT2D eigenvalue weighted by molar-refractivity contribution is 5.93. The first-order chi connectivity index (χ1) is 14.8. The number of hydrogen-bond donors (Lipinski definition) is 0. The molecule has 3 aromatic carbocycles. The molecule has 0 heterocycles. The maximum atomic E-state index is 12.3. The molecule has 0 aliphatic carbocycles. The van der Waals surface area contributed by atoms with E-state index in [9.17, 15) is 29.8 Å². The van der Waals surface area contributed by atoms with Crippen LogP contribution in [-0.4, -0.2) is 21.8 Å². The maximum absolute atomic E-state index is 12.3. The van der Waals surface area contributed by atoms with Gasteiger partial charge in [0, 0.05) is 12.1 Å². The molecule has 0 N–H and O–H groups in total. The molecule has 0 atom stereocenters. The lowest BCUT2D eigenvalue weighted by Gasteiger charge is -2.07. The van der Waals surface area contributed by atoms with Gasteiger partial charge in [-0.3, -0.25) is 20.2 Å². The number of ether oxygens (including phenoxy) is 2. The quantitative estimate of drug-likeness (QED) is 0.240. The molecular weight excluding hydrogens is 408 g/mol. The fourth-order valence-corrected chi connectivity index (χ4v) is 2.56. The Morgan fingerprint density at radius 3 is 1.87 bits per heavy atom. The van der Waals surface area contributed by atoms with Gasteiger partial charge >= 0.3 is 11.9 Å². The van der Waals surface area contributed by atoms with Crippen LogP contribution in [-0.2, 0) is 11.3 Å². The lowest BCUT2D eigenvalue weighted by molar-refractivity contribution is -0.394. The number of rotatable bonds is 7. The van der Waals surface area contributed by atoms with Crippen molar-refractivity contribution in [2.24, 2.45) is 0 Å². The highest BCUT2D eigenvalue weighted by atomic mass is 16.6. The second-order valence-corrected chi connectivity index (χ2v) is 6.23. The summed E-state index contributed by atoms with van der Waals surface area (Å²) < 4.78 is 10.3. The lowest BCUT2D eigenvalue weighted by atomic mass is 10.1. The molecule has 0 saturated carbocycles. The van der Waals surface area contributed by atoms with E-state index in [-0.39, 0.29) is 23.5 Å². The number of nitro benzene ring substituents is 2. The monoisotopic (exact) mass is 422 g/mol. The third-order valence-electron chi connectivity index (χ3n) is 4.07. The van der Waals surface area contributed by atoms with E-state index in [1.54, 1.807) is 0 Å². The van der Waals surface area contributed by atoms with Crippen LogP contribution in [0.4, 0.5) is 11.4 Å². The summed E-state index contributed by atoms with van der Waals surface area (Å²) >= 11 is 0. The fourth-order valence-electron chi connectivity index (χ4n) is 2.56. The Kier molecular flexibility index (Phi) is 6.31. The molecule has 3 aromatic rings. The number of nitro groups is 2. The van der Waals surface area contributed by atoms with Gasteiger partial charge in [-0.25, -0.2) is 9.59 Å². The lowest BCUT2D eigenvalue weighted by Crippen LogP contribution is -2.10. The van der Waals surface area contributed by atoms with Crippen molar-refractivity contribution >= 4 is 23.3 Å². The first-order valence-electron chi connectivity index (χ1n) is 8.80. The SMILES string of the molecule is O=C(OCc1ccccc1)c1ccc(OC(=O)c2cc([N+](=O)[O-])cc([N+](=O)[O-])c2)cc1. The van der Waals surface area contributed by atoms with Crippen LogP contribution in [0.15, 0.2) is 72.8 Å². The summed E-state index contributed by atoms with van der Waals surface area (Å²) in [5, 5.41) is 21.9. The molecule has 156 valence electrons. The number of benzene rings is 3. The first kappa shape index (κ1) is 21.1. The largest absolute Gasteiger partial charge is 0.457 e. The smallest absolute Gasteiger partial charge is 0.344 e. The first-order valence-corrected chi connectivity index (χ1v) is 8.80. The predicted molar refractivity (Wildman–Crippen MR) is 107 cm³/mol. The fraction of sp³-hybridized carbons (Fsp3) is 0.0476. The zero-order valence-corrected chi connectivity index (χ0v) is 15.8. The molecule has 0 unspecified atom stereocenters. The molecular formula is C21H14N2O8. The minimum Gasteiger partial charge on any atom is -0.457 e. The van der Waals surface area contributed by atoms with Gasteiger partial charge in [-0.05, 0) is 29.8 Å². The van der Waals surface area contributed by atoms with Crippen LogP contribution in [0.5, 0.6) is 5.75 Å². The average Bonchev–Trinajstić information content (AvgIpc) is 2.78. The zero-order chi connectivity index (χ0) is 22.4. The molecule has 10 heteroatoms. The van der Waals surface area contributed by atoms with Crippen molar-refractivity contribution in [2.75, 3.05) is 0 Å². The number of nitrogens with zero attached hydrogens (tertiary/aromatic N) is 2. The summed E-state index contributed by atoms with van der Waals surface area (Å²) in [5.41, 5.74) is -0.531. The van der Waals surface area contributed by atoms with Gasteiger partial charge in [0.05, 0.1) is 27.0 Å². The van der Waals surface area contributed by atoms with E-state index in [0.717, 1.165) is 23.8 Å². The summed E-state index contributed by atoms with van der Waals surface area (Å²) in [6.07, 6.45) is 0. The summed E-state index contributed by atoms with van der Waals surface area (Å²) in [4.78, 5) is 44.6. The molecule has 0 aromatic heterocycles. The standard InChI is InChI=1S/C21H14N2O8/c24-20(30-13-14-4-2-1-3-5-14)15-6-8-19(9-7-15)31-21(25)16-10-17(22(26)27)12-18(11-16)23(28)29/h1-12H,13H2. The summed E-state index contributed by atoms with van der Waals surface area (Å²) in [6.45, 7) is 0.0992. The number of carbonyl (C=O) groups excluding carboxylic acids is 2. The maximum Gasteiger partial charge on any atom is 0.344 e. The average molecular weight is 422 g/mol. The van der Waals surface area contributed by atoms with Crippen LogP contribution in [0, 0.1) is 20.2 Å². The van der Waals surface area contributed by atoms with E-state index in [1.165, 1.54) is 24.3 Å². The second kappa shape index (κ2) is 9.27. The van der Waals surface area contributed by atoms with Gasteiger partial charge in [0.2, 0.25) is 0 Å². The van der Waals surface area contributed by atoms with Gasteiger partial charge < -0.3 is 9.47 Å². The molecule has 0 amide bonds. The molecule has 0 bridgehead atoms. The molecule has 31 heavy (non-hydrogen) atoms. The van der Waals surface area contributed by atoms with Crippen molar-refractivity contribution in [3.63, 3.8) is 0 Å². The predicted octanol–water partition coefficient (Wildman–Crippen LogP) is 4.08.